The highest BCUT2D eigenvalue weighted by atomic mass is 16.4. The number of carboxylic acid groups (broad SMARTS) is 1. The predicted molar refractivity (Wildman–Crippen MR) is 49.5 cm³/mol. The Morgan fingerprint density at radius 1 is 1.38 bits per heavy atom. The second-order valence-electron chi connectivity index (χ2n) is 2.77. The van der Waals surface area contributed by atoms with E-state index in [4.69, 9.17) is 5.11 Å². The lowest BCUT2D eigenvalue weighted by Crippen LogP contribution is -1.85. The molecule has 0 unspecified atom stereocenters. The van der Waals surface area contributed by atoms with E-state index in [0.717, 1.165) is 11.6 Å². The van der Waals surface area contributed by atoms with Crippen LogP contribution >= 0.6 is 0 Å². The third-order valence-corrected chi connectivity index (χ3v) is 1.50. The average Bonchev–Trinajstić information content (AvgIpc) is 1.99. The molecule has 0 heterocycles. The largest absolute Gasteiger partial charge is 0.508 e. The number of benzene rings is 1. The standard InChI is InChI=1S/C10H10O3/c1-7-4-8(2-3-10(12)13)6-9(11)5-7/h2-6,11H,1H3,(H,12,13)/b3-2+. The summed E-state index contributed by atoms with van der Waals surface area (Å²) in [4.78, 5) is 10.2. The quantitative estimate of drug-likeness (QED) is 0.679. The summed E-state index contributed by atoms with van der Waals surface area (Å²) < 4.78 is 0. The molecule has 3 nitrogen and oxygen atoms in total. The van der Waals surface area contributed by atoms with E-state index >= 15 is 0 Å². The second kappa shape index (κ2) is 3.76. The number of rotatable bonds is 2. The van der Waals surface area contributed by atoms with Gasteiger partial charge in [-0.15, -0.1) is 0 Å². The summed E-state index contributed by atoms with van der Waals surface area (Å²) in [5.41, 5.74) is 1.57. The van der Waals surface area contributed by atoms with E-state index < -0.39 is 5.97 Å². The fourth-order valence-corrected chi connectivity index (χ4v) is 1.06. The van der Waals surface area contributed by atoms with Crippen molar-refractivity contribution in [1.82, 2.24) is 0 Å². The lowest BCUT2D eigenvalue weighted by atomic mass is 10.1. The molecule has 68 valence electrons. The number of carbonyl (C=O) groups is 1. The van der Waals surface area contributed by atoms with Crippen LogP contribution in [0.25, 0.3) is 6.08 Å². The van der Waals surface area contributed by atoms with Gasteiger partial charge in [0.15, 0.2) is 0 Å². The van der Waals surface area contributed by atoms with E-state index in [0.29, 0.717) is 5.56 Å². The summed E-state index contributed by atoms with van der Waals surface area (Å²) in [5, 5.41) is 17.5. The molecule has 0 radical (unpaired) electrons. The Hall–Kier alpha value is -1.77. The number of aromatic hydroxyl groups is 1. The Morgan fingerprint density at radius 2 is 2.08 bits per heavy atom. The molecular formula is C10H10O3. The Bertz CT molecular complexity index is 333. The normalized spacial score (nSPS) is 10.5. The van der Waals surface area contributed by atoms with Crippen LogP contribution in [-0.4, -0.2) is 16.2 Å². The third kappa shape index (κ3) is 2.99. The smallest absolute Gasteiger partial charge is 0.328 e. The average molecular weight is 178 g/mol. The number of phenols is 1. The number of aliphatic carboxylic acids is 1. The first-order valence-corrected chi connectivity index (χ1v) is 3.79. The SMILES string of the molecule is Cc1cc(O)cc(/C=C/C(=O)O)c1. The number of phenolic OH excluding ortho intramolecular Hbond substituents is 1. The molecule has 13 heavy (non-hydrogen) atoms. The van der Waals surface area contributed by atoms with Crippen molar-refractivity contribution in [2.45, 2.75) is 6.92 Å². The van der Waals surface area contributed by atoms with Crippen LogP contribution in [0.3, 0.4) is 0 Å². The van der Waals surface area contributed by atoms with Gasteiger partial charge in [-0.05, 0) is 36.3 Å². The van der Waals surface area contributed by atoms with Gasteiger partial charge < -0.3 is 10.2 Å². The van der Waals surface area contributed by atoms with Crippen LogP contribution in [0, 0.1) is 6.92 Å². The Morgan fingerprint density at radius 3 is 2.62 bits per heavy atom. The van der Waals surface area contributed by atoms with E-state index in [2.05, 4.69) is 0 Å². The summed E-state index contributed by atoms with van der Waals surface area (Å²) >= 11 is 0. The van der Waals surface area contributed by atoms with E-state index in [1.54, 1.807) is 12.1 Å². The summed E-state index contributed by atoms with van der Waals surface area (Å²) in [6.07, 6.45) is 2.48. The van der Waals surface area contributed by atoms with Gasteiger partial charge in [-0.1, -0.05) is 6.07 Å². The fourth-order valence-electron chi connectivity index (χ4n) is 1.06. The molecule has 2 N–H and O–H groups in total. The molecule has 3 heteroatoms. The molecule has 1 aromatic rings. The van der Waals surface area contributed by atoms with Gasteiger partial charge in [0.2, 0.25) is 0 Å². The van der Waals surface area contributed by atoms with Gasteiger partial charge in [-0.2, -0.15) is 0 Å². The highest BCUT2D eigenvalue weighted by molar-refractivity contribution is 5.85. The minimum atomic E-state index is -0.999. The van der Waals surface area contributed by atoms with Gasteiger partial charge in [0.25, 0.3) is 0 Å². The minimum absolute atomic E-state index is 0.144. The topological polar surface area (TPSA) is 57.5 Å². The maximum Gasteiger partial charge on any atom is 0.328 e. The summed E-state index contributed by atoms with van der Waals surface area (Å²) in [6.45, 7) is 1.83. The third-order valence-electron chi connectivity index (χ3n) is 1.50. The summed E-state index contributed by atoms with van der Waals surface area (Å²) in [6, 6.07) is 4.91. The molecule has 0 atom stereocenters. The minimum Gasteiger partial charge on any atom is -0.508 e. The van der Waals surface area contributed by atoms with Gasteiger partial charge in [-0.25, -0.2) is 4.79 Å². The molecule has 0 spiro atoms. The first-order chi connectivity index (χ1) is 6.08. The number of hydrogen-bond donors (Lipinski definition) is 2. The molecule has 1 rings (SSSR count). The van der Waals surface area contributed by atoms with Gasteiger partial charge in [0.1, 0.15) is 5.75 Å². The predicted octanol–water partition coefficient (Wildman–Crippen LogP) is 1.80. The van der Waals surface area contributed by atoms with Crippen LogP contribution in [0.15, 0.2) is 24.3 Å². The molecule has 0 saturated heterocycles. The van der Waals surface area contributed by atoms with Gasteiger partial charge in [0, 0.05) is 6.08 Å². The van der Waals surface area contributed by atoms with Crippen LogP contribution in [0.4, 0.5) is 0 Å². The van der Waals surface area contributed by atoms with Crippen LogP contribution in [-0.2, 0) is 4.79 Å². The monoisotopic (exact) mass is 178 g/mol. The molecule has 1 aromatic carbocycles. The van der Waals surface area contributed by atoms with Crippen molar-refractivity contribution in [1.29, 1.82) is 0 Å². The molecule has 0 aromatic heterocycles. The molecular weight excluding hydrogens is 168 g/mol. The van der Waals surface area contributed by atoms with Crippen molar-refractivity contribution < 1.29 is 15.0 Å². The van der Waals surface area contributed by atoms with Crippen molar-refractivity contribution in [3.8, 4) is 5.75 Å². The van der Waals surface area contributed by atoms with Crippen molar-refractivity contribution in [2.75, 3.05) is 0 Å². The van der Waals surface area contributed by atoms with E-state index in [1.807, 2.05) is 6.92 Å². The maximum absolute atomic E-state index is 10.2. The van der Waals surface area contributed by atoms with Crippen molar-refractivity contribution in [3.63, 3.8) is 0 Å². The van der Waals surface area contributed by atoms with Gasteiger partial charge >= 0.3 is 5.97 Å². The Balaban J connectivity index is 2.95. The van der Waals surface area contributed by atoms with Crippen molar-refractivity contribution in [3.05, 3.63) is 35.4 Å². The number of hydrogen-bond acceptors (Lipinski definition) is 2. The molecule has 0 amide bonds. The van der Waals surface area contributed by atoms with Crippen LogP contribution in [0.5, 0.6) is 5.75 Å². The molecule has 0 aliphatic heterocycles. The Labute approximate surface area is 76.0 Å². The zero-order chi connectivity index (χ0) is 9.84. The van der Waals surface area contributed by atoms with Crippen LogP contribution in [0.1, 0.15) is 11.1 Å². The lowest BCUT2D eigenvalue weighted by Gasteiger charge is -1.97. The highest BCUT2D eigenvalue weighted by Gasteiger charge is 1.94. The summed E-state index contributed by atoms with van der Waals surface area (Å²) in [5.74, 6) is -0.856. The molecule has 0 aliphatic carbocycles. The van der Waals surface area contributed by atoms with Crippen molar-refractivity contribution >= 4 is 12.0 Å². The van der Waals surface area contributed by atoms with E-state index in [1.165, 1.54) is 12.1 Å². The van der Waals surface area contributed by atoms with Crippen LogP contribution < -0.4 is 0 Å². The Kier molecular flexibility index (Phi) is 2.69. The molecule has 0 fully saturated rings. The molecule has 0 bridgehead atoms. The second-order valence-corrected chi connectivity index (χ2v) is 2.77. The zero-order valence-corrected chi connectivity index (χ0v) is 7.19. The zero-order valence-electron chi connectivity index (χ0n) is 7.19. The highest BCUT2D eigenvalue weighted by Crippen LogP contribution is 2.15. The molecule has 0 aliphatic rings. The van der Waals surface area contributed by atoms with E-state index in [9.17, 15) is 9.90 Å². The van der Waals surface area contributed by atoms with Gasteiger partial charge in [-0.3, -0.25) is 0 Å². The maximum atomic E-state index is 10.2. The first-order valence-electron chi connectivity index (χ1n) is 3.79. The van der Waals surface area contributed by atoms with Crippen molar-refractivity contribution in [2.24, 2.45) is 0 Å². The number of carboxylic acids is 1. The summed E-state index contributed by atoms with van der Waals surface area (Å²) in [7, 11) is 0. The fraction of sp³-hybridized carbons (Fsp3) is 0.100. The van der Waals surface area contributed by atoms with Crippen LogP contribution in [0.2, 0.25) is 0 Å². The first kappa shape index (κ1) is 9.32. The molecule has 0 saturated carbocycles. The van der Waals surface area contributed by atoms with Gasteiger partial charge in [0.05, 0.1) is 0 Å². The van der Waals surface area contributed by atoms with E-state index in [-0.39, 0.29) is 5.75 Å². The number of aryl methyl sites for hydroxylation is 1. The lowest BCUT2D eigenvalue weighted by molar-refractivity contribution is -0.131.